The van der Waals surface area contributed by atoms with Crippen molar-refractivity contribution in [2.75, 3.05) is 0 Å². The maximum Gasteiger partial charge on any atom is 0.125 e. The molecule has 0 radical (unpaired) electrons. The number of hydrogen-bond donors (Lipinski definition) is 1. The molecule has 1 aromatic carbocycles. The number of hydrogen-bond acceptors (Lipinski definition) is 1. The predicted molar refractivity (Wildman–Crippen MR) is 45.5 cm³/mol. The Morgan fingerprint density at radius 1 is 1.33 bits per heavy atom. The number of rotatable bonds is 0. The lowest BCUT2D eigenvalue weighted by molar-refractivity contribution is 0.628. The van der Waals surface area contributed by atoms with E-state index >= 15 is 0 Å². The summed E-state index contributed by atoms with van der Waals surface area (Å²) in [5.74, 6) is -0.219. The van der Waals surface area contributed by atoms with Crippen LogP contribution in [-0.4, -0.2) is 10.2 Å². The van der Waals surface area contributed by atoms with E-state index in [1.165, 1.54) is 12.1 Å². The molecule has 1 heterocycles. The summed E-state index contributed by atoms with van der Waals surface area (Å²) in [5, 5.41) is 7.81. The summed E-state index contributed by atoms with van der Waals surface area (Å²) >= 11 is 0. The molecule has 3 heteroatoms. The average molecular weight is 164 g/mol. The molecule has 0 aliphatic rings. The lowest BCUT2D eigenvalue weighted by Gasteiger charge is -1.96. The third kappa shape index (κ3) is 0.897. The molecule has 1 N–H and O–H groups in total. The average Bonchev–Trinajstić information content (AvgIpc) is 2.31. The molecule has 0 bridgehead atoms. The van der Waals surface area contributed by atoms with Crippen molar-refractivity contribution in [2.45, 2.75) is 13.8 Å². The number of halogens is 1. The number of aryl methyl sites for hydroxylation is 2. The van der Waals surface area contributed by atoms with Gasteiger partial charge >= 0.3 is 0 Å². The van der Waals surface area contributed by atoms with Crippen LogP contribution in [0.4, 0.5) is 4.39 Å². The molecule has 2 rings (SSSR count). The first-order valence-corrected chi connectivity index (χ1v) is 3.79. The Kier molecular flexibility index (Phi) is 1.40. The van der Waals surface area contributed by atoms with Crippen LogP contribution in [0.15, 0.2) is 12.1 Å². The number of H-pyrrole nitrogens is 1. The maximum atomic E-state index is 12.9. The molecule has 0 unspecified atom stereocenters. The molecule has 62 valence electrons. The van der Waals surface area contributed by atoms with Gasteiger partial charge in [0.25, 0.3) is 0 Å². The zero-order chi connectivity index (χ0) is 8.72. The Morgan fingerprint density at radius 2 is 2.08 bits per heavy atom. The second-order valence-electron chi connectivity index (χ2n) is 2.95. The molecule has 0 aliphatic carbocycles. The van der Waals surface area contributed by atoms with Crippen LogP contribution in [0.5, 0.6) is 0 Å². The van der Waals surface area contributed by atoms with Crippen molar-refractivity contribution in [1.82, 2.24) is 10.2 Å². The van der Waals surface area contributed by atoms with Crippen molar-refractivity contribution in [3.63, 3.8) is 0 Å². The summed E-state index contributed by atoms with van der Waals surface area (Å²) in [6.07, 6.45) is 0. The molecule has 0 fully saturated rings. The molecule has 12 heavy (non-hydrogen) atoms. The van der Waals surface area contributed by atoms with Crippen molar-refractivity contribution in [3.8, 4) is 0 Å². The van der Waals surface area contributed by atoms with Crippen LogP contribution in [0.25, 0.3) is 10.9 Å². The predicted octanol–water partition coefficient (Wildman–Crippen LogP) is 2.32. The highest BCUT2D eigenvalue weighted by atomic mass is 19.1. The van der Waals surface area contributed by atoms with E-state index in [0.29, 0.717) is 0 Å². The van der Waals surface area contributed by atoms with E-state index in [9.17, 15) is 4.39 Å². The first-order valence-electron chi connectivity index (χ1n) is 3.79. The van der Waals surface area contributed by atoms with Gasteiger partial charge in [-0.25, -0.2) is 4.39 Å². The third-order valence-electron chi connectivity index (χ3n) is 2.01. The molecule has 1 aromatic heterocycles. The van der Waals surface area contributed by atoms with E-state index in [-0.39, 0.29) is 5.82 Å². The summed E-state index contributed by atoms with van der Waals surface area (Å²) < 4.78 is 12.9. The van der Waals surface area contributed by atoms with E-state index in [4.69, 9.17) is 0 Å². The normalized spacial score (nSPS) is 10.9. The Morgan fingerprint density at radius 3 is 2.83 bits per heavy atom. The second-order valence-corrected chi connectivity index (χ2v) is 2.95. The van der Waals surface area contributed by atoms with E-state index in [1.54, 1.807) is 0 Å². The van der Waals surface area contributed by atoms with Crippen molar-refractivity contribution in [2.24, 2.45) is 0 Å². The zero-order valence-corrected chi connectivity index (χ0v) is 6.98. The highest BCUT2D eigenvalue weighted by molar-refractivity contribution is 5.84. The highest BCUT2D eigenvalue weighted by Gasteiger charge is 2.05. The molecule has 2 nitrogen and oxygen atoms in total. The fraction of sp³-hybridized carbons (Fsp3) is 0.222. The zero-order valence-electron chi connectivity index (χ0n) is 6.98. The van der Waals surface area contributed by atoms with Gasteiger partial charge < -0.3 is 0 Å². The number of nitrogens with one attached hydrogen (secondary N) is 1. The molecule has 0 saturated carbocycles. The second kappa shape index (κ2) is 2.30. The van der Waals surface area contributed by atoms with Crippen LogP contribution >= 0.6 is 0 Å². The number of aromatic amines is 1. The minimum absolute atomic E-state index is 0.219. The summed E-state index contributed by atoms with van der Waals surface area (Å²) in [7, 11) is 0. The van der Waals surface area contributed by atoms with Gasteiger partial charge in [-0.05, 0) is 31.5 Å². The molecular weight excluding hydrogens is 155 g/mol. The van der Waals surface area contributed by atoms with Gasteiger partial charge in [0.1, 0.15) is 5.82 Å². The van der Waals surface area contributed by atoms with Gasteiger partial charge in [0.15, 0.2) is 0 Å². The minimum Gasteiger partial charge on any atom is -0.277 e. The molecule has 0 spiro atoms. The number of fused-ring (bicyclic) bond motifs is 1. The Labute approximate surface area is 69.4 Å². The van der Waals surface area contributed by atoms with Crippen LogP contribution in [0, 0.1) is 19.7 Å². The summed E-state index contributed by atoms with van der Waals surface area (Å²) in [5.41, 5.74) is 2.61. The number of benzene rings is 1. The smallest absolute Gasteiger partial charge is 0.125 e. The Hall–Kier alpha value is -1.38. The van der Waals surface area contributed by atoms with Crippen LogP contribution in [0.2, 0.25) is 0 Å². The third-order valence-corrected chi connectivity index (χ3v) is 2.01. The minimum atomic E-state index is -0.219. The summed E-state index contributed by atoms with van der Waals surface area (Å²) in [6, 6.07) is 2.98. The summed E-state index contributed by atoms with van der Waals surface area (Å²) in [4.78, 5) is 0. The van der Waals surface area contributed by atoms with Gasteiger partial charge in [-0.2, -0.15) is 5.10 Å². The molecule has 0 saturated heterocycles. The first kappa shape index (κ1) is 7.28. The highest BCUT2D eigenvalue weighted by Crippen LogP contribution is 2.20. The van der Waals surface area contributed by atoms with Crippen LogP contribution in [0.3, 0.4) is 0 Å². The SMILES string of the molecule is Cc1cc(F)cc2[nH]nc(C)c12. The van der Waals surface area contributed by atoms with Gasteiger partial charge in [0.2, 0.25) is 0 Å². The van der Waals surface area contributed by atoms with Gasteiger partial charge in [0.05, 0.1) is 11.2 Å². The fourth-order valence-corrected chi connectivity index (χ4v) is 1.51. The van der Waals surface area contributed by atoms with E-state index in [1.807, 2.05) is 13.8 Å². The van der Waals surface area contributed by atoms with E-state index in [0.717, 1.165) is 22.2 Å². The summed E-state index contributed by atoms with van der Waals surface area (Å²) in [6.45, 7) is 3.79. The van der Waals surface area contributed by atoms with Crippen LogP contribution in [0.1, 0.15) is 11.3 Å². The molecule has 2 aromatic rings. The quantitative estimate of drug-likeness (QED) is 0.636. The van der Waals surface area contributed by atoms with Crippen LogP contribution < -0.4 is 0 Å². The fourth-order valence-electron chi connectivity index (χ4n) is 1.51. The topological polar surface area (TPSA) is 28.7 Å². The van der Waals surface area contributed by atoms with Crippen molar-refractivity contribution >= 4 is 10.9 Å². The molecule has 0 amide bonds. The van der Waals surface area contributed by atoms with Gasteiger partial charge in [-0.15, -0.1) is 0 Å². The monoisotopic (exact) mass is 164 g/mol. The lowest BCUT2D eigenvalue weighted by atomic mass is 10.1. The van der Waals surface area contributed by atoms with Gasteiger partial charge in [-0.1, -0.05) is 0 Å². The van der Waals surface area contributed by atoms with Crippen LogP contribution in [-0.2, 0) is 0 Å². The van der Waals surface area contributed by atoms with E-state index in [2.05, 4.69) is 10.2 Å². The number of nitrogens with zero attached hydrogens (tertiary/aromatic N) is 1. The standard InChI is InChI=1S/C9H9FN2/c1-5-3-7(10)4-8-9(5)6(2)11-12-8/h3-4H,1-2H3,(H,11,12). The van der Waals surface area contributed by atoms with E-state index < -0.39 is 0 Å². The van der Waals surface area contributed by atoms with Crippen molar-refractivity contribution in [3.05, 3.63) is 29.2 Å². The molecular formula is C9H9FN2. The Balaban J connectivity index is 2.93. The number of aromatic nitrogens is 2. The van der Waals surface area contributed by atoms with Gasteiger partial charge in [0, 0.05) is 5.39 Å². The largest absolute Gasteiger partial charge is 0.277 e. The first-order chi connectivity index (χ1) is 5.68. The Bertz CT molecular complexity index is 431. The molecule has 0 aliphatic heterocycles. The maximum absolute atomic E-state index is 12.9. The lowest BCUT2D eigenvalue weighted by Crippen LogP contribution is -1.80. The molecule has 0 atom stereocenters. The van der Waals surface area contributed by atoms with Gasteiger partial charge in [-0.3, -0.25) is 5.10 Å². The van der Waals surface area contributed by atoms with Crippen molar-refractivity contribution in [1.29, 1.82) is 0 Å². The van der Waals surface area contributed by atoms with Crippen molar-refractivity contribution < 1.29 is 4.39 Å².